The Balaban J connectivity index is 2.49. The van der Waals surface area contributed by atoms with Gasteiger partial charge in [-0.15, -0.1) is 0 Å². The van der Waals surface area contributed by atoms with Crippen molar-refractivity contribution < 1.29 is 4.39 Å². The van der Waals surface area contributed by atoms with Gasteiger partial charge < -0.3 is 0 Å². The molecule has 1 aliphatic rings. The van der Waals surface area contributed by atoms with Gasteiger partial charge in [-0.05, 0) is 35.8 Å². The fraction of sp³-hybridized carbons (Fsp3) is 0.133. The summed E-state index contributed by atoms with van der Waals surface area (Å²) in [6, 6.07) is 9.48. The van der Waals surface area contributed by atoms with Crippen LogP contribution < -0.4 is 0 Å². The Hall–Kier alpha value is -2.14. The summed E-state index contributed by atoms with van der Waals surface area (Å²) in [7, 11) is 0. The molecule has 0 aliphatic heterocycles. The maximum atomic E-state index is 13.5. The maximum Gasteiger partial charge on any atom is 0.140 e. The van der Waals surface area contributed by atoms with Crippen LogP contribution >= 0.6 is 0 Å². The van der Waals surface area contributed by atoms with Gasteiger partial charge in [0.2, 0.25) is 0 Å². The van der Waals surface area contributed by atoms with E-state index < -0.39 is 6.17 Å². The summed E-state index contributed by atoms with van der Waals surface area (Å²) in [6.07, 6.45) is 5.81. The van der Waals surface area contributed by atoms with E-state index in [9.17, 15) is 4.39 Å². The molecule has 1 aromatic carbocycles. The lowest BCUT2D eigenvalue weighted by Gasteiger charge is -2.03. The molecule has 17 heavy (non-hydrogen) atoms. The first kappa shape index (κ1) is 11.3. The first-order valence-electron chi connectivity index (χ1n) is 5.42. The average Bonchev–Trinajstić information content (AvgIpc) is 2.53. The van der Waals surface area contributed by atoms with Crippen molar-refractivity contribution in [2.24, 2.45) is 0 Å². The van der Waals surface area contributed by atoms with E-state index in [-0.39, 0.29) is 0 Å². The molecule has 2 rings (SSSR count). The Bertz CT molecular complexity index is 559. The van der Waals surface area contributed by atoms with Gasteiger partial charge in [-0.3, -0.25) is 0 Å². The summed E-state index contributed by atoms with van der Waals surface area (Å²) in [5, 5.41) is 9.03. The number of alkyl halides is 1. The zero-order chi connectivity index (χ0) is 12.3. The van der Waals surface area contributed by atoms with Crippen LogP contribution in [0.5, 0.6) is 0 Å². The minimum Gasteiger partial charge on any atom is -0.238 e. The van der Waals surface area contributed by atoms with Gasteiger partial charge in [-0.2, -0.15) is 5.26 Å². The van der Waals surface area contributed by atoms with Gasteiger partial charge in [0.25, 0.3) is 0 Å². The molecule has 0 saturated carbocycles. The van der Waals surface area contributed by atoms with Gasteiger partial charge in [-0.1, -0.05) is 36.4 Å². The van der Waals surface area contributed by atoms with E-state index in [2.05, 4.69) is 6.07 Å². The lowest BCUT2D eigenvalue weighted by molar-refractivity contribution is 0.450. The van der Waals surface area contributed by atoms with Crippen molar-refractivity contribution in [1.29, 1.82) is 5.26 Å². The smallest absolute Gasteiger partial charge is 0.140 e. The highest BCUT2D eigenvalue weighted by atomic mass is 19.1. The van der Waals surface area contributed by atoms with Crippen LogP contribution in [0.15, 0.2) is 54.1 Å². The third-order valence-electron chi connectivity index (χ3n) is 2.76. The molecule has 84 valence electrons. The largest absolute Gasteiger partial charge is 0.238 e. The number of nitrogens with zero attached hydrogens (tertiary/aromatic N) is 1. The molecule has 0 spiro atoms. The van der Waals surface area contributed by atoms with Gasteiger partial charge >= 0.3 is 0 Å². The number of benzene rings is 1. The molecular weight excluding hydrogens is 213 g/mol. The van der Waals surface area contributed by atoms with Crippen LogP contribution in [0, 0.1) is 11.3 Å². The van der Waals surface area contributed by atoms with Crippen molar-refractivity contribution in [3.8, 4) is 6.07 Å². The zero-order valence-corrected chi connectivity index (χ0v) is 9.52. The van der Waals surface area contributed by atoms with Gasteiger partial charge in [-0.25, -0.2) is 4.39 Å². The van der Waals surface area contributed by atoms with Gasteiger partial charge in [0, 0.05) is 0 Å². The minimum atomic E-state index is -1.04. The van der Waals surface area contributed by atoms with Crippen molar-refractivity contribution in [1.82, 2.24) is 0 Å². The van der Waals surface area contributed by atoms with E-state index in [0.717, 1.165) is 11.1 Å². The second-order valence-electron chi connectivity index (χ2n) is 3.95. The lowest BCUT2D eigenvalue weighted by atomic mass is 10.00. The Morgan fingerprint density at radius 1 is 1.24 bits per heavy atom. The highest BCUT2D eigenvalue weighted by Crippen LogP contribution is 2.24. The van der Waals surface area contributed by atoms with Crippen molar-refractivity contribution in [3.05, 3.63) is 65.3 Å². The van der Waals surface area contributed by atoms with Crippen LogP contribution in [-0.4, -0.2) is 6.17 Å². The van der Waals surface area contributed by atoms with Crippen LogP contribution in [0.3, 0.4) is 0 Å². The third-order valence-corrected chi connectivity index (χ3v) is 2.76. The summed E-state index contributed by atoms with van der Waals surface area (Å²) < 4.78 is 13.5. The average molecular weight is 225 g/mol. The number of rotatable bonds is 1. The predicted octanol–water partition coefficient (Wildman–Crippen LogP) is 3.80. The molecule has 2 heteroatoms. The highest BCUT2D eigenvalue weighted by molar-refractivity contribution is 5.79. The van der Waals surface area contributed by atoms with Gasteiger partial charge in [0.15, 0.2) is 0 Å². The fourth-order valence-electron chi connectivity index (χ4n) is 1.72. The second-order valence-corrected chi connectivity index (χ2v) is 3.95. The Labute approximate surface area is 100 Å². The monoisotopic (exact) mass is 225 g/mol. The molecule has 1 unspecified atom stereocenters. The predicted molar refractivity (Wildman–Crippen MR) is 66.9 cm³/mol. The Morgan fingerprint density at radius 3 is 2.76 bits per heavy atom. The molecule has 0 heterocycles. The molecular formula is C15H12FN. The van der Waals surface area contributed by atoms with Crippen molar-refractivity contribution in [3.63, 3.8) is 0 Å². The van der Waals surface area contributed by atoms with Crippen molar-refractivity contribution >= 4 is 5.57 Å². The molecule has 1 nitrogen and oxygen atoms in total. The van der Waals surface area contributed by atoms with E-state index >= 15 is 0 Å². The maximum absolute atomic E-state index is 13.5. The molecule has 0 amide bonds. The number of allylic oxidation sites excluding steroid dienone is 6. The lowest BCUT2D eigenvalue weighted by Crippen LogP contribution is -1.94. The fourth-order valence-corrected chi connectivity index (χ4v) is 1.72. The topological polar surface area (TPSA) is 23.8 Å². The molecule has 0 saturated heterocycles. The highest BCUT2D eigenvalue weighted by Gasteiger charge is 2.09. The number of hydrogen-bond acceptors (Lipinski definition) is 1. The van der Waals surface area contributed by atoms with E-state index in [1.807, 2.05) is 24.3 Å². The summed E-state index contributed by atoms with van der Waals surface area (Å²) in [6.45, 7) is 1.75. The Morgan fingerprint density at radius 2 is 2.00 bits per heavy atom. The molecule has 0 fully saturated rings. The molecule has 1 atom stereocenters. The second kappa shape index (κ2) is 4.80. The summed E-state index contributed by atoms with van der Waals surface area (Å²) in [4.78, 5) is 0. The van der Waals surface area contributed by atoms with E-state index in [1.54, 1.807) is 25.1 Å². The van der Waals surface area contributed by atoms with Crippen LogP contribution in [0.4, 0.5) is 4.39 Å². The quantitative estimate of drug-likeness (QED) is 0.713. The normalized spacial score (nSPS) is 19.0. The Kier molecular flexibility index (Phi) is 3.20. The van der Waals surface area contributed by atoms with Crippen LogP contribution in [0.1, 0.15) is 18.1 Å². The minimum absolute atomic E-state index is 0.603. The SMILES string of the molecule is CC1=CC=C(c2ccccc2C#N)C=CC1F. The molecule has 1 aromatic rings. The standard InChI is InChI=1S/C15H12FN/c1-11-6-7-12(8-9-15(11)16)14-5-3-2-4-13(14)10-17/h2-9,15H,1H3. The summed E-state index contributed by atoms with van der Waals surface area (Å²) in [5.74, 6) is 0. The van der Waals surface area contributed by atoms with Gasteiger partial charge in [0.1, 0.15) is 6.17 Å². The summed E-state index contributed by atoms with van der Waals surface area (Å²) >= 11 is 0. The zero-order valence-electron chi connectivity index (χ0n) is 9.52. The van der Waals surface area contributed by atoms with Crippen LogP contribution in [-0.2, 0) is 0 Å². The number of nitriles is 1. The number of hydrogen-bond donors (Lipinski definition) is 0. The summed E-state index contributed by atoms with van der Waals surface area (Å²) in [5.41, 5.74) is 2.98. The van der Waals surface area contributed by atoms with Crippen molar-refractivity contribution in [2.75, 3.05) is 0 Å². The van der Waals surface area contributed by atoms with E-state index in [0.29, 0.717) is 11.1 Å². The first-order chi connectivity index (χ1) is 8.22. The van der Waals surface area contributed by atoms with Gasteiger partial charge in [0.05, 0.1) is 11.6 Å². The number of halogens is 1. The third kappa shape index (κ3) is 2.34. The molecule has 1 aliphatic carbocycles. The van der Waals surface area contributed by atoms with E-state index in [1.165, 1.54) is 6.08 Å². The first-order valence-corrected chi connectivity index (χ1v) is 5.42. The molecule has 0 bridgehead atoms. The van der Waals surface area contributed by atoms with Crippen molar-refractivity contribution in [2.45, 2.75) is 13.1 Å². The molecule has 0 aromatic heterocycles. The van der Waals surface area contributed by atoms with Crippen LogP contribution in [0.25, 0.3) is 5.57 Å². The van der Waals surface area contributed by atoms with E-state index in [4.69, 9.17) is 5.26 Å². The molecule has 0 N–H and O–H groups in total. The van der Waals surface area contributed by atoms with Crippen LogP contribution in [0.2, 0.25) is 0 Å². The molecule has 0 radical (unpaired) electrons.